The van der Waals surface area contributed by atoms with Gasteiger partial charge in [-0.1, -0.05) is 36.1 Å². The average Bonchev–Trinajstić information content (AvgIpc) is 3.71. The number of benzene rings is 2. The molecular formula is C29H32N4O3. The summed E-state index contributed by atoms with van der Waals surface area (Å²) >= 11 is 0. The zero-order valence-corrected chi connectivity index (χ0v) is 20.5. The Balaban J connectivity index is 1.23. The molecule has 2 aromatic carbocycles. The van der Waals surface area contributed by atoms with Gasteiger partial charge in [-0.3, -0.25) is 9.69 Å². The summed E-state index contributed by atoms with van der Waals surface area (Å²) in [7, 11) is 1.77. The molecule has 186 valence electrons. The first kappa shape index (κ1) is 24.3. The summed E-state index contributed by atoms with van der Waals surface area (Å²) in [4.78, 5) is 20.8. The van der Waals surface area contributed by atoms with Crippen LogP contribution in [0.5, 0.6) is 5.75 Å². The molecule has 2 heterocycles. The van der Waals surface area contributed by atoms with Gasteiger partial charge in [-0.2, -0.15) is 0 Å². The molecule has 5 rings (SSSR count). The van der Waals surface area contributed by atoms with E-state index in [1.807, 2.05) is 12.1 Å². The Labute approximate surface area is 211 Å². The second-order valence-electron chi connectivity index (χ2n) is 9.73. The predicted molar refractivity (Wildman–Crippen MR) is 139 cm³/mol. The summed E-state index contributed by atoms with van der Waals surface area (Å²) < 4.78 is 5.34. The Kier molecular flexibility index (Phi) is 7.47. The number of nitrogens with zero attached hydrogens (tertiary/aromatic N) is 2. The minimum atomic E-state index is -0.507. The first-order valence-electron chi connectivity index (χ1n) is 12.5. The molecule has 0 spiro atoms. The van der Waals surface area contributed by atoms with Crippen LogP contribution in [0, 0.1) is 11.8 Å². The molecule has 2 fully saturated rings. The number of hydrogen-bond acceptors (Lipinski definition) is 6. The molecule has 7 heteroatoms. The van der Waals surface area contributed by atoms with Gasteiger partial charge in [-0.25, -0.2) is 4.98 Å². The highest BCUT2D eigenvalue weighted by atomic mass is 16.5. The lowest BCUT2D eigenvalue weighted by Gasteiger charge is -2.38. The highest BCUT2D eigenvalue weighted by Crippen LogP contribution is 2.25. The standard InChI is InChI=1S/C29H32N4O3/c1-36-26-17-33(18-26)16-22-6-4-20(5-7-22)2-3-21-8-10-23(11-9-21)24(15-30-25-12-13-25)14-27-28(34)29(35)32-19-31-27/h4-11,19,24-26,30,34H,12-18H2,1H3,(H,31,32,35)/t24-/m1/s1. The number of aromatic hydroxyl groups is 1. The van der Waals surface area contributed by atoms with Crippen LogP contribution in [0.2, 0.25) is 0 Å². The molecule has 1 aliphatic carbocycles. The summed E-state index contributed by atoms with van der Waals surface area (Å²) in [6.45, 7) is 3.69. The Hall–Kier alpha value is -3.44. The topological polar surface area (TPSA) is 90.5 Å². The first-order chi connectivity index (χ1) is 17.6. The van der Waals surface area contributed by atoms with Crippen molar-refractivity contribution in [2.45, 2.75) is 43.9 Å². The number of aromatic nitrogens is 2. The molecule has 1 atom stereocenters. The van der Waals surface area contributed by atoms with E-state index in [1.165, 1.54) is 24.7 Å². The van der Waals surface area contributed by atoms with Crippen LogP contribution < -0.4 is 10.9 Å². The Morgan fingerprint density at radius 3 is 2.42 bits per heavy atom. The zero-order chi connectivity index (χ0) is 24.9. The van der Waals surface area contributed by atoms with Crippen LogP contribution in [0.15, 0.2) is 59.7 Å². The number of H-pyrrole nitrogens is 1. The normalized spacial score (nSPS) is 16.7. The number of aromatic amines is 1. The highest BCUT2D eigenvalue weighted by Gasteiger charge is 2.26. The SMILES string of the molecule is COC1CN(Cc2ccc(C#Cc3ccc([C@@H](CNC4CC4)Cc4nc[nH]c(=O)c4O)cc3)cc2)C1. The van der Waals surface area contributed by atoms with E-state index in [9.17, 15) is 9.90 Å². The maximum absolute atomic E-state index is 11.8. The molecule has 1 saturated carbocycles. The van der Waals surface area contributed by atoms with E-state index in [-0.39, 0.29) is 11.7 Å². The molecule has 7 nitrogen and oxygen atoms in total. The van der Waals surface area contributed by atoms with Crippen LogP contribution in [0.25, 0.3) is 0 Å². The van der Waals surface area contributed by atoms with E-state index in [0.717, 1.165) is 42.9 Å². The van der Waals surface area contributed by atoms with Crippen molar-refractivity contribution in [1.29, 1.82) is 0 Å². The molecule has 0 radical (unpaired) electrons. The predicted octanol–water partition coefficient (Wildman–Crippen LogP) is 2.78. The fourth-order valence-electron chi connectivity index (χ4n) is 4.45. The average molecular weight is 485 g/mol. The monoisotopic (exact) mass is 484 g/mol. The molecule has 0 unspecified atom stereocenters. The maximum atomic E-state index is 11.8. The first-order valence-corrected chi connectivity index (χ1v) is 12.5. The summed E-state index contributed by atoms with van der Waals surface area (Å²) in [5, 5.41) is 13.7. The maximum Gasteiger partial charge on any atom is 0.293 e. The van der Waals surface area contributed by atoms with Crippen LogP contribution in [0.1, 0.15) is 46.7 Å². The van der Waals surface area contributed by atoms with Gasteiger partial charge in [-0.15, -0.1) is 0 Å². The van der Waals surface area contributed by atoms with Crippen molar-refractivity contribution in [2.24, 2.45) is 0 Å². The quantitative estimate of drug-likeness (QED) is 0.405. The van der Waals surface area contributed by atoms with Gasteiger partial charge in [-0.05, 0) is 48.2 Å². The van der Waals surface area contributed by atoms with E-state index >= 15 is 0 Å². The number of rotatable bonds is 9. The second kappa shape index (κ2) is 11.1. The number of likely N-dealkylation sites (tertiary alicyclic amines) is 1. The Morgan fingerprint density at radius 1 is 1.11 bits per heavy atom. The Bertz CT molecular complexity index is 1280. The minimum absolute atomic E-state index is 0.0888. The molecule has 0 bridgehead atoms. The van der Waals surface area contributed by atoms with Gasteiger partial charge >= 0.3 is 0 Å². The van der Waals surface area contributed by atoms with Crippen LogP contribution >= 0.6 is 0 Å². The van der Waals surface area contributed by atoms with Crippen molar-refractivity contribution in [3.63, 3.8) is 0 Å². The van der Waals surface area contributed by atoms with Crippen LogP contribution in [0.3, 0.4) is 0 Å². The van der Waals surface area contributed by atoms with E-state index in [0.29, 0.717) is 24.3 Å². The summed E-state index contributed by atoms with van der Waals surface area (Å²) in [6.07, 6.45) is 4.59. The molecule has 3 N–H and O–H groups in total. The van der Waals surface area contributed by atoms with Crippen LogP contribution in [0.4, 0.5) is 0 Å². The van der Waals surface area contributed by atoms with E-state index < -0.39 is 5.56 Å². The summed E-state index contributed by atoms with van der Waals surface area (Å²) in [6, 6.07) is 17.2. The van der Waals surface area contributed by atoms with Gasteiger partial charge in [0, 0.05) is 62.8 Å². The van der Waals surface area contributed by atoms with Gasteiger partial charge in [0.25, 0.3) is 5.56 Å². The lowest BCUT2D eigenvalue weighted by Crippen LogP contribution is -2.50. The van der Waals surface area contributed by atoms with E-state index in [2.05, 4.69) is 68.4 Å². The minimum Gasteiger partial charge on any atom is -0.502 e. The number of ether oxygens (including phenoxy) is 1. The fourth-order valence-corrected chi connectivity index (χ4v) is 4.45. The van der Waals surface area contributed by atoms with Crippen molar-refractivity contribution in [3.05, 3.63) is 93.2 Å². The lowest BCUT2D eigenvalue weighted by molar-refractivity contribution is -0.0333. The molecule has 3 aromatic rings. The molecule has 1 aromatic heterocycles. The van der Waals surface area contributed by atoms with Crippen molar-refractivity contribution >= 4 is 0 Å². The van der Waals surface area contributed by atoms with Gasteiger partial charge in [0.15, 0.2) is 0 Å². The van der Waals surface area contributed by atoms with Crippen molar-refractivity contribution < 1.29 is 9.84 Å². The number of hydrogen-bond donors (Lipinski definition) is 3. The number of nitrogens with one attached hydrogen (secondary N) is 2. The number of methoxy groups -OCH3 is 1. The zero-order valence-electron chi connectivity index (χ0n) is 20.5. The van der Waals surface area contributed by atoms with Gasteiger partial charge in [0.1, 0.15) is 0 Å². The van der Waals surface area contributed by atoms with Crippen molar-refractivity contribution in [3.8, 4) is 17.6 Å². The third kappa shape index (κ3) is 6.21. The van der Waals surface area contributed by atoms with E-state index in [4.69, 9.17) is 4.74 Å². The smallest absolute Gasteiger partial charge is 0.293 e. The molecule has 0 amide bonds. The fraction of sp³-hybridized carbons (Fsp3) is 0.379. The molecular weight excluding hydrogens is 452 g/mol. The summed E-state index contributed by atoms with van der Waals surface area (Å²) in [5.74, 6) is 6.31. The van der Waals surface area contributed by atoms with Crippen LogP contribution in [-0.4, -0.2) is 58.9 Å². The molecule has 1 aliphatic heterocycles. The third-order valence-electron chi connectivity index (χ3n) is 6.92. The molecule has 36 heavy (non-hydrogen) atoms. The van der Waals surface area contributed by atoms with Crippen molar-refractivity contribution in [2.75, 3.05) is 26.7 Å². The second-order valence-corrected chi connectivity index (χ2v) is 9.73. The van der Waals surface area contributed by atoms with Crippen molar-refractivity contribution in [1.82, 2.24) is 20.2 Å². The van der Waals surface area contributed by atoms with Gasteiger partial charge in [0.2, 0.25) is 5.75 Å². The summed E-state index contributed by atoms with van der Waals surface area (Å²) in [5.41, 5.74) is 4.25. The highest BCUT2D eigenvalue weighted by molar-refractivity contribution is 5.44. The Morgan fingerprint density at radius 2 is 1.78 bits per heavy atom. The van der Waals surface area contributed by atoms with Crippen LogP contribution in [-0.2, 0) is 17.7 Å². The largest absolute Gasteiger partial charge is 0.502 e. The lowest BCUT2D eigenvalue weighted by atomic mass is 9.93. The van der Waals surface area contributed by atoms with Gasteiger partial charge < -0.3 is 20.1 Å². The van der Waals surface area contributed by atoms with E-state index in [1.54, 1.807) is 7.11 Å². The third-order valence-corrected chi connectivity index (χ3v) is 6.92. The molecule has 2 aliphatic rings. The molecule has 1 saturated heterocycles. The van der Waals surface area contributed by atoms with Gasteiger partial charge in [0.05, 0.1) is 18.1 Å².